The lowest BCUT2D eigenvalue weighted by Gasteiger charge is -2.06. The predicted octanol–water partition coefficient (Wildman–Crippen LogP) is 2.58. The van der Waals surface area contributed by atoms with Crippen LogP contribution in [0.5, 0.6) is 0 Å². The molecule has 0 radical (unpaired) electrons. The lowest BCUT2D eigenvalue weighted by atomic mass is 10.0. The summed E-state index contributed by atoms with van der Waals surface area (Å²) >= 11 is 3.40. The Morgan fingerprint density at radius 3 is 2.62 bits per heavy atom. The van der Waals surface area contributed by atoms with Gasteiger partial charge in [-0.05, 0) is 42.7 Å². The Kier molecular flexibility index (Phi) is 3.45. The third-order valence-electron chi connectivity index (χ3n) is 3.56. The number of aromatic nitrogens is 1. The topological polar surface area (TPSA) is 64.1 Å². The fourth-order valence-electron chi connectivity index (χ4n) is 2.46. The average molecular weight is 366 g/mol. The standard InChI is InChI=1S/C15H12BrNO3S/c1-21(19,20)11-7-13-14(17-8-11)5-2-9-6-10(16)3-4-12(9)15(13)18/h3-4,6-8H,2,5H2,1H3. The summed E-state index contributed by atoms with van der Waals surface area (Å²) < 4.78 is 24.2. The summed E-state index contributed by atoms with van der Waals surface area (Å²) in [7, 11) is -3.38. The highest BCUT2D eigenvalue weighted by molar-refractivity contribution is 9.10. The Hall–Kier alpha value is -1.53. The SMILES string of the molecule is CS(=O)(=O)c1cnc2c(c1)C(=O)c1ccc(Br)cc1CC2. The molecule has 1 aromatic carbocycles. The van der Waals surface area contributed by atoms with Gasteiger partial charge in [0.2, 0.25) is 0 Å². The second kappa shape index (κ2) is 5.03. The molecule has 1 heterocycles. The minimum Gasteiger partial charge on any atom is -0.289 e. The number of hydrogen-bond acceptors (Lipinski definition) is 4. The fraction of sp³-hybridized carbons (Fsp3) is 0.200. The van der Waals surface area contributed by atoms with E-state index >= 15 is 0 Å². The summed E-state index contributed by atoms with van der Waals surface area (Å²) in [6, 6.07) is 6.95. The molecule has 0 atom stereocenters. The van der Waals surface area contributed by atoms with Crippen LogP contribution in [0, 0.1) is 0 Å². The van der Waals surface area contributed by atoms with Crippen LogP contribution in [-0.4, -0.2) is 25.4 Å². The normalized spacial score (nSPS) is 14.3. The maximum Gasteiger partial charge on any atom is 0.195 e. The predicted molar refractivity (Wildman–Crippen MR) is 82.3 cm³/mol. The van der Waals surface area contributed by atoms with Crippen LogP contribution in [0.2, 0.25) is 0 Å². The minimum atomic E-state index is -3.38. The molecule has 0 aliphatic heterocycles. The number of hydrogen-bond donors (Lipinski definition) is 0. The Morgan fingerprint density at radius 2 is 1.90 bits per heavy atom. The first-order valence-electron chi connectivity index (χ1n) is 6.38. The van der Waals surface area contributed by atoms with Crippen LogP contribution in [0.15, 0.2) is 39.8 Å². The van der Waals surface area contributed by atoms with E-state index in [1.807, 2.05) is 12.1 Å². The van der Waals surface area contributed by atoms with Gasteiger partial charge in [-0.1, -0.05) is 15.9 Å². The van der Waals surface area contributed by atoms with Crippen molar-refractivity contribution in [3.63, 3.8) is 0 Å². The lowest BCUT2D eigenvalue weighted by molar-refractivity contribution is 0.103. The van der Waals surface area contributed by atoms with E-state index in [-0.39, 0.29) is 10.7 Å². The molecule has 108 valence electrons. The van der Waals surface area contributed by atoms with E-state index in [9.17, 15) is 13.2 Å². The molecule has 0 fully saturated rings. The van der Waals surface area contributed by atoms with Gasteiger partial charge in [0.25, 0.3) is 0 Å². The number of carbonyl (C=O) groups is 1. The minimum absolute atomic E-state index is 0.0789. The fourth-order valence-corrected chi connectivity index (χ4v) is 3.45. The number of aryl methyl sites for hydroxylation is 2. The highest BCUT2D eigenvalue weighted by Crippen LogP contribution is 2.27. The maximum absolute atomic E-state index is 12.7. The maximum atomic E-state index is 12.7. The smallest absolute Gasteiger partial charge is 0.195 e. The molecule has 4 nitrogen and oxygen atoms in total. The molecule has 0 saturated carbocycles. The molecule has 3 rings (SSSR count). The van der Waals surface area contributed by atoms with Crippen molar-refractivity contribution in [2.24, 2.45) is 0 Å². The van der Waals surface area contributed by atoms with E-state index in [4.69, 9.17) is 0 Å². The van der Waals surface area contributed by atoms with Crippen molar-refractivity contribution in [1.82, 2.24) is 4.98 Å². The van der Waals surface area contributed by atoms with Gasteiger partial charge in [0.1, 0.15) is 0 Å². The van der Waals surface area contributed by atoms with Crippen molar-refractivity contribution in [2.45, 2.75) is 17.7 Å². The number of nitrogens with zero attached hydrogens (tertiary/aromatic N) is 1. The van der Waals surface area contributed by atoms with Gasteiger partial charge in [-0.3, -0.25) is 9.78 Å². The van der Waals surface area contributed by atoms with E-state index in [2.05, 4.69) is 20.9 Å². The van der Waals surface area contributed by atoms with Gasteiger partial charge in [-0.15, -0.1) is 0 Å². The van der Waals surface area contributed by atoms with Crippen LogP contribution in [0.4, 0.5) is 0 Å². The van der Waals surface area contributed by atoms with Crippen LogP contribution in [-0.2, 0) is 22.7 Å². The van der Waals surface area contributed by atoms with Crippen molar-refractivity contribution in [3.05, 3.63) is 57.3 Å². The Balaban J connectivity index is 2.20. The molecule has 0 spiro atoms. The third kappa shape index (κ3) is 2.65. The van der Waals surface area contributed by atoms with Gasteiger partial charge in [0.05, 0.1) is 10.6 Å². The highest BCUT2D eigenvalue weighted by atomic mass is 79.9. The van der Waals surface area contributed by atoms with Crippen LogP contribution >= 0.6 is 15.9 Å². The molecular weight excluding hydrogens is 354 g/mol. The molecule has 0 N–H and O–H groups in total. The van der Waals surface area contributed by atoms with E-state index < -0.39 is 9.84 Å². The molecule has 0 unspecified atom stereocenters. The zero-order valence-corrected chi connectivity index (χ0v) is 13.7. The average Bonchev–Trinajstić information content (AvgIpc) is 2.55. The Morgan fingerprint density at radius 1 is 1.14 bits per heavy atom. The first-order valence-corrected chi connectivity index (χ1v) is 9.07. The van der Waals surface area contributed by atoms with Crippen molar-refractivity contribution >= 4 is 31.6 Å². The first kappa shape index (κ1) is 14.4. The summed E-state index contributed by atoms with van der Waals surface area (Å²) in [5, 5.41) is 0. The molecule has 0 amide bonds. The number of rotatable bonds is 1. The molecular formula is C15H12BrNO3S. The monoisotopic (exact) mass is 365 g/mol. The zero-order chi connectivity index (χ0) is 15.2. The molecule has 0 saturated heterocycles. The van der Waals surface area contributed by atoms with E-state index in [0.29, 0.717) is 29.7 Å². The van der Waals surface area contributed by atoms with Crippen molar-refractivity contribution in [1.29, 1.82) is 0 Å². The molecule has 2 aromatic rings. The summed E-state index contributed by atoms with van der Waals surface area (Å²) in [5.41, 5.74) is 2.61. The Labute approximate surface area is 131 Å². The van der Waals surface area contributed by atoms with Gasteiger partial charge in [0.15, 0.2) is 15.6 Å². The third-order valence-corrected chi connectivity index (χ3v) is 5.13. The van der Waals surface area contributed by atoms with Crippen LogP contribution in [0.1, 0.15) is 27.2 Å². The summed E-state index contributed by atoms with van der Waals surface area (Å²) in [6.45, 7) is 0. The Bertz CT molecular complexity index is 859. The second-order valence-corrected chi connectivity index (χ2v) is 8.00. The van der Waals surface area contributed by atoms with Gasteiger partial charge < -0.3 is 0 Å². The number of halogens is 1. The van der Waals surface area contributed by atoms with Crippen molar-refractivity contribution in [2.75, 3.05) is 6.26 Å². The first-order chi connectivity index (χ1) is 9.86. The molecule has 1 aliphatic rings. The molecule has 1 aliphatic carbocycles. The number of benzene rings is 1. The number of fused-ring (bicyclic) bond motifs is 2. The van der Waals surface area contributed by atoms with E-state index in [1.165, 1.54) is 12.3 Å². The van der Waals surface area contributed by atoms with Gasteiger partial charge in [0, 0.05) is 28.1 Å². The number of sulfone groups is 1. The van der Waals surface area contributed by atoms with Gasteiger partial charge in [-0.2, -0.15) is 0 Å². The van der Waals surface area contributed by atoms with Crippen LogP contribution < -0.4 is 0 Å². The summed E-state index contributed by atoms with van der Waals surface area (Å²) in [6.07, 6.45) is 3.77. The number of ketones is 1. The zero-order valence-electron chi connectivity index (χ0n) is 11.3. The van der Waals surface area contributed by atoms with Crippen LogP contribution in [0.3, 0.4) is 0 Å². The van der Waals surface area contributed by atoms with Crippen LogP contribution in [0.25, 0.3) is 0 Å². The number of carbonyl (C=O) groups excluding carboxylic acids is 1. The van der Waals surface area contributed by atoms with Gasteiger partial charge >= 0.3 is 0 Å². The largest absolute Gasteiger partial charge is 0.289 e. The number of pyridine rings is 1. The molecule has 21 heavy (non-hydrogen) atoms. The van der Waals surface area contributed by atoms with Crippen molar-refractivity contribution < 1.29 is 13.2 Å². The highest BCUT2D eigenvalue weighted by Gasteiger charge is 2.24. The molecule has 0 bridgehead atoms. The summed E-state index contributed by atoms with van der Waals surface area (Å²) in [5.74, 6) is -0.164. The van der Waals surface area contributed by atoms with Crippen molar-refractivity contribution in [3.8, 4) is 0 Å². The summed E-state index contributed by atoms with van der Waals surface area (Å²) in [4.78, 5) is 16.9. The van der Waals surface area contributed by atoms with E-state index in [0.717, 1.165) is 16.3 Å². The van der Waals surface area contributed by atoms with E-state index in [1.54, 1.807) is 6.07 Å². The quantitative estimate of drug-likeness (QED) is 0.778. The molecule has 6 heteroatoms. The van der Waals surface area contributed by atoms with Gasteiger partial charge in [-0.25, -0.2) is 8.42 Å². The molecule has 1 aromatic heterocycles. The second-order valence-electron chi connectivity index (χ2n) is 5.07. The lowest BCUT2D eigenvalue weighted by Crippen LogP contribution is -2.08.